The SMILES string of the molecule is COc1cc(-c2[c]cc(OC)c(OC)c2OC)ccc1O. The van der Waals surface area contributed by atoms with Gasteiger partial charge in [0.25, 0.3) is 0 Å². The molecule has 2 aromatic rings. The Morgan fingerprint density at radius 2 is 1.52 bits per heavy atom. The summed E-state index contributed by atoms with van der Waals surface area (Å²) >= 11 is 0. The van der Waals surface area contributed by atoms with E-state index in [-0.39, 0.29) is 5.75 Å². The van der Waals surface area contributed by atoms with E-state index in [9.17, 15) is 5.11 Å². The Labute approximate surface area is 123 Å². The van der Waals surface area contributed by atoms with Crippen LogP contribution in [0.3, 0.4) is 0 Å². The molecule has 0 unspecified atom stereocenters. The molecule has 111 valence electrons. The van der Waals surface area contributed by atoms with Gasteiger partial charge in [-0.1, -0.05) is 6.07 Å². The lowest BCUT2D eigenvalue weighted by Crippen LogP contribution is -1.97. The molecule has 0 aliphatic rings. The maximum Gasteiger partial charge on any atom is 0.203 e. The first-order chi connectivity index (χ1) is 10.2. The predicted octanol–water partition coefficient (Wildman–Crippen LogP) is 2.89. The second-order valence-electron chi connectivity index (χ2n) is 4.19. The molecule has 0 amide bonds. The molecule has 5 heteroatoms. The highest BCUT2D eigenvalue weighted by Crippen LogP contribution is 2.45. The van der Waals surface area contributed by atoms with Gasteiger partial charge in [-0.15, -0.1) is 0 Å². The minimum absolute atomic E-state index is 0.0701. The zero-order chi connectivity index (χ0) is 15.4. The van der Waals surface area contributed by atoms with Crippen LogP contribution in [-0.4, -0.2) is 33.5 Å². The number of ether oxygens (including phenoxy) is 4. The van der Waals surface area contributed by atoms with Crippen molar-refractivity contribution in [3.63, 3.8) is 0 Å². The van der Waals surface area contributed by atoms with Gasteiger partial charge in [-0.3, -0.25) is 0 Å². The second kappa shape index (κ2) is 6.26. The Morgan fingerprint density at radius 3 is 2.10 bits per heavy atom. The number of aromatic hydroxyl groups is 1. The van der Waals surface area contributed by atoms with Crippen molar-refractivity contribution >= 4 is 0 Å². The summed E-state index contributed by atoms with van der Waals surface area (Å²) in [7, 11) is 6.14. The summed E-state index contributed by atoms with van der Waals surface area (Å²) in [5, 5.41) is 9.68. The van der Waals surface area contributed by atoms with E-state index in [1.165, 1.54) is 7.11 Å². The first kappa shape index (κ1) is 14.8. The van der Waals surface area contributed by atoms with Crippen LogP contribution >= 0.6 is 0 Å². The summed E-state index contributed by atoms with van der Waals surface area (Å²) in [5.41, 5.74) is 1.47. The van der Waals surface area contributed by atoms with Crippen molar-refractivity contribution in [2.45, 2.75) is 0 Å². The van der Waals surface area contributed by atoms with Crippen molar-refractivity contribution in [2.75, 3.05) is 28.4 Å². The fraction of sp³-hybridized carbons (Fsp3) is 0.250. The smallest absolute Gasteiger partial charge is 0.203 e. The highest BCUT2D eigenvalue weighted by atomic mass is 16.5. The zero-order valence-electron chi connectivity index (χ0n) is 12.4. The standard InChI is InChI=1S/C16H17O5/c1-18-13-8-6-11(15(20-3)16(13)21-4)10-5-7-12(17)14(9-10)19-2/h5,7-9,17H,1-4H3. The van der Waals surface area contributed by atoms with E-state index < -0.39 is 0 Å². The Kier molecular flexibility index (Phi) is 4.42. The third kappa shape index (κ3) is 2.67. The van der Waals surface area contributed by atoms with Gasteiger partial charge in [-0.25, -0.2) is 0 Å². The number of benzene rings is 2. The topological polar surface area (TPSA) is 57.2 Å². The highest BCUT2D eigenvalue weighted by Gasteiger charge is 2.18. The lowest BCUT2D eigenvalue weighted by Gasteiger charge is -2.16. The van der Waals surface area contributed by atoms with E-state index in [4.69, 9.17) is 18.9 Å². The molecule has 0 atom stereocenters. The first-order valence-corrected chi connectivity index (χ1v) is 6.24. The largest absolute Gasteiger partial charge is 0.504 e. The van der Waals surface area contributed by atoms with Gasteiger partial charge in [-0.2, -0.15) is 0 Å². The van der Waals surface area contributed by atoms with E-state index in [0.717, 1.165) is 5.56 Å². The lowest BCUT2D eigenvalue weighted by molar-refractivity contribution is 0.325. The van der Waals surface area contributed by atoms with Gasteiger partial charge in [-0.05, 0) is 29.8 Å². The summed E-state index contributed by atoms with van der Waals surface area (Å²) in [6, 6.07) is 9.78. The van der Waals surface area contributed by atoms with E-state index >= 15 is 0 Å². The highest BCUT2D eigenvalue weighted by molar-refractivity contribution is 5.77. The van der Waals surface area contributed by atoms with E-state index in [1.54, 1.807) is 45.6 Å². The zero-order valence-corrected chi connectivity index (χ0v) is 12.4. The molecule has 1 radical (unpaired) electrons. The summed E-state index contributed by atoms with van der Waals surface area (Å²) < 4.78 is 21.1. The van der Waals surface area contributed by atoms with Crippen LogP contribution in [0.5, 0.6) is 28.7 Å². The number of hydrogen-bond donors (Lipinski definition) is 1. The third-order valence-corrected chi connectivity index (χ3v) is 3.10. The van der Waals surface area contributed by atoms with Crippen molar-refractivity contribution in [2.24, 2.45) is 0 Å². The Hall–Kier alpha value is -2.56. The molecular formula is C16H17O5. The summed E-state index contributed by atoms with van der Waals surface area (Å²) in [4.78, 5) is 0. The molecular weight excluding hydrogens is 272 g/mol. The lowest BCUT2D eigenvalue weighted by atomic mass is 10.0. The Morgan fingerprint density at radius 1 is 0.857 bits per heavy atom. The van der Waals surface area contributed by atoms with Gasteiger partial charge in [0.2, 0.25) is 5.75 Å². The Balaban J connectivity index is 2.63. The average molecular weight is 289 g/mol. The van der Waals surface area contributed by atoms with Crippen LogP contribution in [0.25, 0.3) is 11.1 Å². The molecule has 0 aliphatic carbocycles. The van der Waals surface area contributed by atoms with Gasteiger partial charge in [0, 0.05) is 5.56 Å². The maximum atomic E-state index is 9.68. The molecule has 2 aromatic carbocycles. The van der Waals surface area contributed by atoms with Crippen molar-refractivity contribution in [1.29, 1.82) is 0 Å². The fourth-order valence-corrected chi connectivity index (χ4v) is 2.08. The van der Waals surface area contributed by atoms with Crippen LogP contribution in [0.4, 0.5) is 0 Å². The average Bonchev–Trinajstić information content (AvgIpc) is 2.53. The molecule has 0 saturated carbocycles. The fourth-order valence-electron chi connectivity index (χ4n) is 2.08. The van der Waals surface area contributed by atoms with Crippen LogP contribution in [0.2, 0.25) is 0 Å². The minimum Gasteiger partial charge on any atom is -0.504 e. The molecule has 0 fully saturated rings. The van der Waals surface area contributed by atoms with Gasteiger partial charge in [0.05, 0.1) is 28.4 Å². The van der Waals surface area contributed by atoms with E-state index in [2.05, 4.69) is 6.07 Å². The molecule has 0 saturated heterocycles. The molecule has 2 rings (SSSR count). The molecule has 0 spiro atoms. The predicted molar refractivity (Wildman–Crippen MR) is 78.6 cm³/mol. The number of methoxy groups -OCH3 is 4. The minimum atomic E-state index is 0.0701. The van der Waals surface area contributed by atoms with E-state index in [1.807, 2.05) is 0 Å². The monoisotopic (exact) mass is 289 g/mol. The quantitative estimate of drug-likeness (QED) is 0.917. The Bertz CT molecular complexity index is 637. The summed E-state index contributed by atoms with van der Waals surface area (Å²) in [6.07, 6.45) is 0. The number of phenols is 1. The molecule has 0 aromatic heterocycles. The van der Waals surface area contributed by atoms with E-state index in [0.29, 0.717) is 28.6 Å². The van der Waals surface area contributed by atoms with Crippen LogP contribution in [0.1, 0.15) is 0 Å². The molecule has 0 aliphatic heterocycles. The van der Waals surface area contributed by atoms with Gasteiger partial charge in [0.15, 0.2) is 23.0 Å². The summed E-state index contributed by atoms with van der Waals surface area (Å²) in [6.45, 7) is 0. The van der Waals surface area contributed by atoms with Crippen LogP contribution in [-0.2, 0) is 0 Å². The van der Waals surface area contributed by atoms with Gasteiger partial charge < -0.3 is 24.1 Å². The summed E-state index contributed by atoms with van der Waals surface area (Å²) in [5.74, 6) is 1.97. The van der Waals surface area contributed by atoms with Crippen LogP contribution in [0, 0.1) is 6.07 Å². The van der Waals surface area contributed by atoms with Gasteiger partial charge in [0.1, 0.15) is 0 Å². The number of hydrogen-bond acceptors (Lipinski definition) is 5. The number of rotatable bonds is 5. The van der Waals surface area contributed by atoms with Crippen molar-refractivity contribution in [1.82, 2.24) is 0 Å². The molecule has 21 heavy (non-hydrogen) atoms. The molecule has 0 heterocycles. The van der Waals surface area contributed by atoms with Crippen LogP contribution < -0.4 is 18.9 Å². The van der Waals surface area contributed by atoms with Crippen molar-refractivity contribution in [3.8, 4) is 39.9 Å². The van der Waals surface area contributed by atoms with Crippen molar-refractivity contribution in [3.05, 3.63) is 30.3 Å². The maximum absolute atomic E-state index is 9.68. The van der Waals surface area contributed by atoms with Crippen LogP contribution in [0.15, 0.2) is 24.3 Å². The van der Waals surface area contributed by atoms with Gasteiger partial charge >= 0.3 is 0 Å². The normalized spacial score (nSPS) is 10.1. The molecule has 5 nitrogen and oxygen atoms in total. The number of phenolic OH excluding ortho intramolecular Hbond substituents is 1. The third-order valence-electron chi connectivity index (χ3n) is 3.10. The van der Waals surface area contributed by atoms with Crippen molar-refractivity contribution < 1.29 is 24.1 Å². The second-order valence-corrected chi connectivity index (χ2v) is 4.19. The molecule has 1 N–H and O–H groups in total. The molecule has 0 bridgehead atoms. The first-order valence-electron chi connectivity index (χ1n) is 6.24.